The van der Waals surface area contributed by atoms with Crippen molar-refractivity contribution in [3.8, 4) is 12.3 Å². The van der Waals surface area contributed by atoms with Crippen molar-refractivity contribution >= 4 is 22.6 Å². The predicted octanol–water partition coefficient (Wildman–Crippen LogP) is 4.61. The van der Waals surface area contributed by atoms with Crippen molar-refractivity contribution < 1.29 is 4.74 Å². The van der Waals surface area contributed by atoms with E-state index >= 15 is 0 Å². The number of hydrogen-bond donors (Lipinski definition) is 0. The largest absolute Gasteiger partial charge is 0.369 e. The highest BCUT2D eigenvalue weighted by Gasteiger charge is 2.12. The number of benzene rings is 1. The first kappa shape index (κ1) is 16.3. The van der Waals surface area contributed by atoms with Crippen LogP contribution < -0.4 is 0 Å². The molecule has 0 amide bonds. The monoisotopic (exact) mass is 368 g/mol. The van der Waals surface area contributed by atoms with Crippen LogP contribution in [-0.2, 0) is 11.3 Å². The fourth-order valence-electron chi connectivity index (χ4n) is 1.88. The van der Waals surface area contributed by atoms with Crippen molar-refractivity contribution in [3.63, 3.8) is 0 Å². The number of ether oxygens (including phenoxy) is 1. The molecule has 0 heterocycles. The van der Waals surface area contributed by atoms with E-state index in [1.54, 1.807) is 0 Å². The summed E-state index contributed by atoms with van der Waals surface area (Å²) >= 11 is 2.38. The van der Waals surface area contributed by atoms with Crippen LogP contribution in [0.3, 0.4) is 0 Å². The normalized spacial score (nSPS) is 13.5. The van der Waals surface area contributed by atoms with Gasteiger partial charge in [0.1, 0.15) is 0 Å². The van der Waals surface area contributed by atoms with Crippen LogP contribution in [0.4, 0.5) is 0 Å². The molecule has 0 aliphatic rings. The molecule has 1 rings (SSSR count). The van der Waals surface area contributed by atoms with Crippen LogP contribution in [0.2, 0.25) is 0 Å². The molecule has 0 aromatic heterocycles. The smallest absolute Gasteiger partial charge is 0.0769 e. The summed E-state index contributed by atoms with van der Waals surface area (Å²) in [7, 11) is 0. The van der Waals surface area contributed by atoms with Crippen molar-refractivity contribution in [1.29, 1.82) is 0 Å². The zero-order chi connectivity index (χ0) is 13.9. The van der Waals surface area contributed by atoms with E-state index in [-0.39, 0.29) is 12.0 Å². The second kappa shape index (κ2) is 10.1. The molecular weight excluding hydrogens is 347 g/mol. The highest BCUT2D eigenvalue weighted by atomic mass is 127. The second-order valence-electron chi connectivity index (χ2n) is 4.50. The van der Waals surface area contributed by atoms with Crippen LogP contribution in [-0.4, -0.2) is 10.5 Å². The van der Waals surface area contributed by atoms with Gasteiger partial charge in [0, 0.05) is 5.92 Å². The Morgan fingerprint density at radius 2 is 2.11 bits per heavy atom. The lowest BCUT2D eigenvalue weighted by Gasteiger charge is -2.18. The number of rotatable bonds is 9. The van der Waals surface area contributed by atoms with E-state index in [0.717, 1.165) is 23.7 Å². The Kier molecular flexibility index (Phi) is 8.61. The third-order valence-electron chi connectivity index (χ3n) is 3.01. The molecule has 0 saturated carbocycles. The van der Waals surface area contributed by atoms with Gasteiger partial charge in [-0.3, -0.25) is 0 Å². The van der Waals surface area contributed by atoms with Crippen molar-refractivity contribution in [3.05, 3.63) is 48.6 Å². The van der Waals surface area contributed by atoms with E-state index in [4.69, 9.17) is 11.2 Å². The van der Waals surface area contributed by atoms with Crippen LogP contribution in [0.15, 0.2) is 43.0 Å². The Hall–Kier alpha value is -0.790. The fourth-order valence-corrected chi connectivity index (χ4v) is 2.32. The number of terminal acetylenes is 1. The van der Waals surface area contributed by atoms with Crippen LogP contribution >= 0.6 is 22.6 Å². The van der Waals surface area contributed by atoms with E-state index in [2.05, 4.69) is 47.2 Å². The Bertz CT molecular complexity index is 393. The van der Waals surface area contributed by atoms with Crippen LogP contribution in [0.5, 0.6) is 0 Å². The van der Waals surface area contributed by atoms with E-state index in [1.807, 2.05) is 24.3 Å². The second-order valence-corrected chi connectivity index (χ2v) is 5.58. The zero-order valence-electron chi connectivity index (χ0n) is 11.2. The SMILES string of the molecule is C#C[C@@H](CCCI)C[C@@H](C=C)OCc1ccccc1. The van der Waals surface area contributed by atoms with Crippen LogP contribution in [0.25, 0.3) is 0 Å². The van der Waals surface area contributed by atoms with Gasteiger partial charge >= 0.3 is 0 Å². The highest BCUT2D eigenvalue weighted by Crippen LogP contribution is 2.17. The quantitative estimate of drug-likeness (QED) is 0.268. The third-order valence-corrected chi connectivity index (χ3v) is 3.77. The van der Waals surface area contributed by atoms with Crippen molar-refractivity contribution in [2.24, 2.45) is 5.92 Å². The van der Waals surface area contributed by atoms with Gasteiger partial charge in [0.2, 0.25) is 0 Å². The molecule has 0 spiro atoms. The first-order chi connectivity index (χ1) is 9.30. The molecule has 102 valence electrons. The van der Waals surface area contributed by atoms with E-state index in [0.29, 0.717) is 6.61 Å². The van der Waals surface area contributed by atoms with Crippen molar-refractivity contribution in [1.82, 2.24) is 0 Å². The molecule has 0 bridgehead atoms. The zero-order valence-corrected chi connectivity index (χ0v) is 13.4. The van der Waals surface area contributed by atoms with Gasteiger partial charge in [0.15, 0.2) is 0 Å². The molecule has 2 atom stereocenters. The Labute approximate surface area is 130 Å². The van der Waals surface area contributed by atoms with E-state index in [1.165, 1.54) is 5.56 Å². The molecule has 0 fully saturated rings. The minimum Gasteiger partial charge on any atom is -0.369 e. The lowest BCUT2D eigenvalue weighted by Crippen LogP contribution is -2.15. The summed E-state index contributed by atoms with van der Waals surface area (Å²) in [4.78, 5) is 0. The minimum absolute atomic E-state index is 0.0375. The van der Waals surface area contributed by atoms with Crippen LogP contribution in [0.1, 0.15) is 24.8 Å². The molecule has 0 saturated heterocycles. The molecule has 1 aromatic rings. The fraction of sp³-hybridized carbons (Fsp3) is 0.412. The van der Waals surface area contributed by atoms with Gasteiger partial charge in [0.25, 0.3) is 0 Å². The van der Waals surface area contributed by atoms with E-state index < -0.39 is 0 Å². The summed E-state index contributed by atoms with van der Waals surface area (Å²) in [5.74, 6) is 3.15. The van der Waals surface area contributed by atoms with Gasteiger partial charge in [0.05, 0.1) is 12.7 Å². The Morgan fingerprint density at radius 3 is 2.68 bits per heavy atom. The standard InChI is InChI=1S/C17H21IO/c1-3-15(11-8-12-18)13-17(4-2)19-14-16-9-6-5-7-10-16/h1,4-7,9-10,15,17H,2,8,11-14H2/t15-,17+/m0/s1. The molecular formula is C17H21IO. The van der Waals surface area contributed by atoms with Crippen molar-refractivity contribution in [2.75, 3.05) is 4.43 Å². The maximum absolute atomic E-state index is 5.87. The topological polar surface area (TPSA) is 9.23 Å². The van der Waals surface area contributed by atoms with Gasteiger partial charge < -0.3 is 4.74 Å². The van der Waals surface area contributed by atoms with Gasteiger partial charge in [-0.2, -0.15) is 0 Å². The average molecular weight is 368 g/mol. The molecule has 0 aliphatic carbocycles. The molecule has 0 N–H and O–H groups in total. The van der Waals surface area contributed by atoms with E-state index in [9.17, 15) is 0 Å². The maximum atomic E-state index is 5.87. The first-order valence-corrected chi connectivity index (χ1v) is 8.13. The molecule has 0 radical (unpaired) electrons. The van der Waals surface area contributed by atoms with Crippen molar-refractivity contribution in [2.45, 2.75) is 32.0 Å². The number of hydrogen-bond acceptors (Lipinski definition) is 1. The number of alkyl halides is 1. The summed E-state index contributed by atoms with van der Waals surface area (Å²) < 4.78 is 7.03. The predicted molar refractivity (Wildman–Crippen MR) is 90.3 cm³/mol. The minimum atomic E-state index is 0.0375. The van der Waals surface area contributed by atoms with Gasteiger partial charge in [-0.1, -0.05) is 59.0 Å². The Morgan fingerprint density at radius 1 is 1.37 bits per heavy atom. The summed E-state index contributed by atoms with van der Waals surface area (Å²) in [5.41, 5.74) is 1.18. The molecule has 19 heavy (non-hydrogen) atoms. The summed E-state index contributed by atoms with van der Waals surface area (Å²) in [6.45, 7) is 4.46. The highest BCUT2D eigenvalue weighted by molar-refractivity contribution is 14.1. The molecule has 0 aliphatic heterocycles. The third kappa shape index (κ3) is 6.79. The summed E-state index contributed by atoms with van der Waals surface area (Å²) in [5, 5.41) is 0. The lowest BCUT2D eigenvalue weighted by molar-refractivity contribution is 0.0596. The Balaban J connectivity index is 2.40. The van der Waals surface area contributed by atoms with Crippen LogP contribution in [0, 0.1) is 18.3 Å². The van der Waals surface area contributed by atoms with Gasteiger partial charge in [-0.05, 0) is 29.3 Å². The first-order valence-electron chi connectivity index (χ1n) is 6.60. The molecule has 2 heteroatoms. The maximum Gasteiger partial charge on any atom is 0.0769 e. The summed E-state index contributed by atoms with van der Waals surface area (Å²) in [6.07, 6.45) is 10.6. The number of halogens is 1. The average Bonchev–Trinajstić information content (AvgIpc) is 2.47. The van der Waals surface area contributed by atoms with Gasteiger partial charge in [-0.15, -0.1) is 18.9 Å². The molecule has 1 nitrogen and oxygen atoms in total. The van der Waals surface area contributed by atoms with Gasteiger partial charge in [-0.25, -0.2) is 0 Å². The molecule has 1 aromatic carbocycles. The molecule has 0 unspecified atom stereocenters. The summed E-state index contributed by atoms with van der Waals surface area (Å²) in [6, 6.07) is 10.2. The lowest BCUT2D eigenvalue weighted by atomic mass is 9.97.